The zero-order valence-electron chi connectivity index (χ0n) is 7.86. The monoisotopic (exact) mass is 186 g/mol. The summed E-state index contributed by atoms with van der Waals surface area (Å²) in [6.45, 7) is 1.79. The number of carbonyl (C=O) groups excluding carboxylic acids is 1. The lowest BCUT2D eigenvalue weighted by Gasteiger charge is -2.18. The maximum atomic E-state index is 11.5. The summed E-state index contributed by atoms with van der Waals surface area (Å²) in [4.78, 5) is 11.5. The molecule has 14 heavy (non-hydrogen) atoms. The predicted molar refractivity (Wildman–Crippen MR) is 52.5 cm³/mol. The van der Waals surface area contributed by atoms with Gasteiger partial charge in [0.25, 0.3) is 0 Å². The van der Waals surface area contributed by atoms with Crippen LogP contribution in [0.5, 0.6) is 0 Å². The molecule has 70 valence electrons. The van der Waals surface area contributed by atoms with Crippen LogP contribution in [0.25, 0.3) is 0 Å². The Hall–Kier alpha value is -1.79. The van der Waals surface area contributed by atoms with Gasteiger partial charge in [-0.1, -0.05) is 36.1 Å². The largest absolute Gasteiger partial charge is 0.474 e. The van der Waals surface area contributed by atoms with Gasteiger partial charge in [-0.15, -0.1) is 0 Å². The second-order valence-electron chi connectivity index (χ2n) is 3.16. The minimum atomic E-state index is -0.488. The number of hydrogen-bond acceptors (Lipinski definition) is 2. The number of carbonyl (C=O) groups is 1. The molecule has 2 heteroatoms. The average molecular weight is 186 g/mol. The number of rotatable bonds is 1. The summed E-state index contributed by atoms with van der Waals surface area (Å²) < 4.78 is 5.41. The van der Waals surface area contributed by atoms with Crippen LogP contribution < -0.4 is 0 Å². The van der Waals surface area contributed by atoms with Gasteiger partial charge < -0.3 is 4.74 Å². The van der Waals surface area contributed by atoms with Crippen molar-refractivity contribution in [1.29, 1.82) is 0 Å². The Morgan fingerprint density at radius 3 is 2.71 bits per heavy atom. The van der Waals surface area contributed by atoms with Crippen LogP contribution in [-0.4, -0.2) is 5.78 Å². The molecule has 0 spiro atoms. The molecule has 1 heterocycles. The van der Waals surface area contributed by atoms with E-state index in [0.29, 0.717) is 5.76 Å². The third kappa shape index (κ3) is 1.61. The van der Waals surface area contributed by atoms with Crippen LogP contribution in [0.1, 0.15) is 18.6 Å². The smallest absolute Gasteiger partial charge is 0.208 e. The van der Waals surface area contributed by atoms with Gasteiger partial charge >= 0.3 is 0 Å². The number of ether oxygens (including phenoxy) is 1. The van der Waals surface area contributed by atoms with Crippen molar-refractivity contribution >= 4 is 5.78 Å². The van der Waals surface area contributed by atoms with E-state index in [2.05, 4.69) is 5.73 Å². The van der Waals surface area contributed by atoms with E-state index in [1.165, 1.54) is 6.08 Å². The summed E-state index contributed by atoms with van der Waals surface area (Å²) in [5.74, 6) is 0.597. The normalized spacial score (nSPS) is 20.2. The Kier molecular flexibility index (Phi) is 2.21. The molecule has 0 aromatic heterocycles. The fourth-order valence-electron chi connectivity index (χ4n) is 1.38. The minimum Gasteiger partial charge on any atom is -0.474 e. The van der Waals surface area contributed by atoms with Gasteiger partial charge in [-0.3, -0.25) is 4.79 Å². The molecule has 0 N–H and O–H groups in total. The zero-order valence-corrected chi connectivity index (χ0v) is 7.86. The summed E-state index contributed by atoms with van der Waals surface area (Å²) in [6, 6.07) is 9.46. The van der Waals surface area contributed by atoms with Gasteiger partial charge in [0.05, 0.1) is 0 Å². The zero-order chi connectivity index (χ0) is 9.97. The van der Waals surface area contributed by atoms with E-state index < -0.39 is 6.10 Å². The van der Waals surface area contributed by atoms with Crippen LogP contribution in [0, 0.1) is 0 Å². The molecule has 1 aliphatic rings. The van der Waals surface area contributed by atoms with Gasteiger partial charge in [0.1, 0.15) is 5.76 Å². The van der Waals surface area contributed by atoms with E-state index in [9.17, 15) is 4.79 Å². The van der Waals surface area contributed by atoms with Crippen molar-refractivity contribution < 1.29 is 9.53 Å². The molecule has 1 aromatic rings. The van der Waals surface area contributed by atoms with Crippen molar-refractivity contribution in [3.8, 4) is 0 Å². The van der Waals surface area contributed by atoms with Crippen LogP contribution in [-0.2, 0) is 9.53 Å². The second-order valence-corrected chi connectivity index (χ2v) is 3.16. The van der Waals surface area contributed by atoms with Gasteiger partial charge in [-0.2, -0.15) is 0 Å². The molecule has 0 saturated heterocycles. The van der Waals surface area contributed by atoms with Crippen molar-refractivity contribution in [2.24, 2.45) is 0 Å². The Balaban J connectivity index is 2.32. The van der Waals surface area contributed by atoms with Crippen LogP contribution >= 0.6 is 0 Å². The Bertz CT molecular complexity index is 411. The Labute approximate surface area is 82.5 Å². The lowest BCUT2D eigenvalue weighted by molar-refractivity contribution is -0.124. The van der Waals surface area contributed by atoms with Crippen molar-refractivity contribution in [3.63, 3.8) is 0 Å². The van der Waals surface area contributed by atoms with Crippen LogP contribution in [0.2, 0.25) is 0 Å². The lowest BCUT2D eigenvalue weighted by atomic mass is 10.0. The molecule has 0 unspecified atom stereocenters. The first-order valence-electron chi connectivity index (χ1n) is 4.46. The highest BCUT2D eigenvalue weighted by atomic mass is 16.5. The van der Waals surface area contributed by atoms with Crippen molar-refractivity contribution in [1.82, 2.24) is 0 Å². The summed E-state index contributed by atoms with van der Waals surface area (Å²) in [5, 5.41) is 0. The van der Waals surface area contributed by atoms with Crippen LogP contribution in [0.3, 0.4) is 0 Å². The van der Waals surface area contributed by atoms with Gasteiger partial charge in [-0.25, -0.2) is 0 Å². The van der Waals surface area contributed by atoms with Gasteiger partial charge in [-0.05, 0) is 0 Å². The molecule has 0 saturated carbocycles. The van der Waals surface area contributed by atoms with E-state index in [0.717, 1.165) is 5.56 Å². The Morgan fingerprint density at radius 2 is 2.00 bits per heavy atom. The highest BCUT2D eigenvalue weighted by molar-refractivity contribution is 5.94. The molecule has 2 nitrogen and oxygen atoms in total. The Morgan fingerprint density at radius 1 is 1.29 bits per heavy atom. The fraction of sp³-hybridized carbons (Fsp3) is 0.167. The summed E-state index contributed by atoms with van der Waals surface area (Å²) >= 11 is 0. The van der Waals surface area contributed by atoms with E-state index >= 15 is 0 Å². The minimum absolute atomic E-state index is 0.0539. The summed E-state index contributed by atoms with van der Waals surface area (Å²) in [5.41, 5.74) is 3.64. The SMILES string of the molecule is CC1=C=CC(=O)[C@@H](c2ccccc2)O1. The highest BCUT2D eigenvalue weighted by Gasteiger charge is 2.22. The molecule has 1 aliphatic heterocycles. The lowest BCUT2D eigenvalue weighted by Crippen LogP contribution is -2.15. The van der Waals surface area contributed by atoms with Gasteiger partial charge in [0.2, 0.25) is 5.78 Å². The van der Waals surface area contributed by atoms with Gasteiger partial charge in [0, 0.05) is 18.6 Å². The number of benzene rings is 1. The molecule has 0 bridgehead atoms. The predicted octanol–water partition coefficient (Wildman–Crippen LogP) is 2.39. The molecule has 1 aromatic carbocycles. The molecular formula is C12H10O2. The first-order valence-corrected chi connectivity index (χ1v) is 4.46. The first kappa shape index (κ1) is 8.79. The van der Waals surface area contributed by atoms with Crippen LogP contribution in [0.4, 0.5) is 0 Å². The van der Waals surface area contributed by atoms with Crippen molar-refractivity contribution in [2.75, 3.05) is 0 Å². The average Bonchev–Trinajstić information content (AvgIpc) is 2.23. The van der Waals surface area contributed by atoms with E-state index in [4.69, 9.17) is 4.74 Å². The summed E-state index contributed by atoms with van der Waals surface area (Å²) in [6.07, 6.45) is 0.952. The molecule has 1 atom stereocenters. The van der Waals surface area contributed by atoms with Crippen LogP contribution in [0.15, 0.2) is 47.9 Å². The molecule has 0 radical (unpaired) electrons. The molecular weight excluding hydrogens is 176 g/mol. The highest BCUT2D eigenvalue weighted by Crippen LogP contribution is 2.23. The fourth-order valence-corrected chi connectivity index (χ4v) is 1.38. The number of hydrogen-bond donors (Lipinski definition) is 0. The second kappa shape index (κ2) is 3.52. The quantitative estimate of drug-likeness (QED) is 0.629. The third-order valence-corrected chi connectivity index (χ3v) is 2.07. The maximum Gasteiger partial charge on any atom is 0.208 e. The van der Waals surface area contributed by atoms with E-state index in [-0.39, 0.29) is 5.78 Å². The standard InChI is InChI=1S/C12H10O2/c1-9-7-8-11(13)12(14-9)10-5-3-2-4-6-10/h2-6,8,12H,1H3/t12-/m1/s1. The molecule has 2 rings (SSSR count). The molecule has 0 fully saturated rings. The maximum absolute atomic E-state index is 11.5. The topological polar surface area (TPSA) is 26.3 Å². The third-order valence-electron chi connectivity index (χ3n) is 2.07. The van der Waals surface area contributed by atoms with E-state index in [1.807, 2.05) is 30.3 Å². The summed E-state index contributed by atoms with van der Waals surface area (Å²) in [7, 11) is 0. The first-order chi connectivity index (χ1) is 6.77. The van der Waals surface area contributed by atoms with Crippen molar-refractivity contribution in [2.45, 2.75) is 13.0 Å². The van der Waals surface area contributed by atoms with Gasteiger partial charge in [0.15, 0.2) is 6.10 Å². The van der Waals surface area contributed by atoms with Crippen molar-refractivity contribution in [3.05, 3.63) is 53.5 Å². The number of ketones is 1. The molecule has 0 aliphatic carbocycles. The molecule has 0 amide bonds. The van der Waals surface area contributed by atoms with E-state index in [1.54, 1.807) is 6.92 Å².